The maximum Gasteiger partial charge on any atom is 0.115 e. The van der Waals surface area contributed by atoms with E-state index in [1.807, 2.05) is 12.1 Å². The van der Waals surface area contributed by atoms with Crippen LogP contribution in [-0.2, 0) is 0 Å². The maximum absolute atomic E-state index is 9.47. The van der Waals surface area contributed by atoms with Gasteiger partial charge in [-0.3, -0.25) is 4.90 Å². The van der Waals surface area contributed by atoms with E-state index in [1.165, 1.54) is 6.42 Å². The number of nitrogens with zero attached hydrogens (tertiary/aromatic N) is 1. The Hall–Kier alpha value is -1.06. The minimum atomic E-state index is 0.300. The van der Waals surface area contributed by atoms with Crippen LogP contribution in [0, 0.1) is 0 Å². The first-order valence-electron chi connectivity index (χ1n) is 5.95. The van der Waals surface area contributed by atoms with Crippen LogP contribution in [0.5, 0.6) is 5.75 Å². The molecule has 1 aliphatic heterocycles. The molecular formula is C13H20N2O. The molecule has 3 nitrogen and oxygen atoms in total. The van der Waals surface area contributed by atoms with Gasteiger partial charge in [0.1, 0.15) is 5.75 Å². The van der Waals surface area contributed by atoms with E-state index >= 15 is 0 Å². The summed E-state index contributed by atoms with van der Waals surface area (Å²) in [6.07, 6.45) is 2.30. The van der Waals surface area contributed by atoms with Gasteiger partial charge in [-0.1, -0.05) is 12.1 Å². The van der Waals surface area contributed by atoms with Crippen molar-refractivity contribution in [3.63, 3.8) is 0 Å². The molecule has 0 radical (unpaired) electrons. The van der Waals surface area contributed by atoms with Crippen LogP contribution in [0.25, 0.3) is 0 Å². The molecule has 2 unspecified atom stereocenters. The molecule has 1 heterocycles. The molecule has 3 heteroatoms. The Balaban J connectivity index is 2.09. The van der Waals surface area contributed by atoms with Crippen molar-refractivity contribution < 1.29 is 5.11 Å². The normalized spacial score (nSPS) is 24.2. The Kier molecular flexibility index (Phi) is 3.46. The van der Waals surface area contributed by atoms with E-state index < -0.39 is 0 Å². The molecule has 0 aliphatic carbocycles. The predicted molar refractivity (Wildman–Crippen MR) is 65.3 cm³/mol. The van der Waals surface area contributed by atoms with Crippen LogP contribution in [0.15, 0.2) is 24.3 Å². The number of nitrogens with two attached hydrogens (primary N) is 1. The Bertz CT molecular complexity index is 354. The smallest absolute Gasteiger partial charge is 0.115 e. The molecule has 1 fully saturated rings. The number of benzene rings is 1. The second kappa shape index (κ2) is 4.85. The number of likely N-dealkylation sites (tertiary alicyclic amines) is 1. The van der Waals surface area contributed by atoms with Gasteiger partial charge in [0.25, 0.3) is 0 Å². The van der Waals surface area contributed by atoms with Gasteiger partial charge in [-0.25, -0.2) is 0 Å². The highest BCUT2D eigenvalue weighted by Gasteiger charge is 2.22. The van der Waals surface area contributed by atoms with E-state index in [0.717, 1.165) is 25.1 Å². The second-order valence-electron chi connectivity index (χ2n) is 4.67. The number of aromatic hydroxyl groups is 1. The molecule has 1 aromatic rings. The quantitative estimate of drug-likeness (QED) is 0.800. The third kappa shape index (κ3) is 2.54. The summed E-state index contributed by atoms with van der Waals surface area (Å²) in [6, 6.07) is 8.13. The van der Waals surface area contributed by atoms with Crippen molar-refractivity contribution in [2.75, 3.05) is 13.1 Å². The number of phenols is 1. The fourth-order valence-corrected chi connectivity index (χ4v) is 2.39. The molecule has 0 aromatic heterocycles. The molecule has 1 saturated heterocycles. The molecule has 88 valence electrons. The molecule has 3 N–H and O–H groups in total. The molecule has 16 heavy (non-hydrogen) atoms. The standard InChI is InChI=1S/C13H20N2O/c1-10(11-4-2-6-13(16)8-11)15-7-3-5-12(14)9-15/h2,4,6,8,10,12,16H,3,5,7,9,14H2,1H3. The average Bonchev–Trinajstić information content (AvgIpc) is 2.28. The first-order valence-corrected chi connectivity index (χ1v) is 5.95. The van der Waals surface area contributed by atoms with E-state index in [4.69, 9.17) is 5.73 Å². The Morgan fingerprint density at radius 2 is 2.31 bits per heavy atom. The van der Waals surface area contributed by atoms with Crippen LogP contribution >= 0.6 is 0 Å². The lowest BCUT2D eigenvalue weighted by Gasteiger charge is -2.35. The van der Waals surface area contributed by atoms with E-state index in [2.05, 4.69) is 17.9 Å². The molecule has 0 spiro atoms. The number of piperidine rings is 1. The van der Waals surface area contributed by atoms with Gasteiger partial charge in [0.2, 0.25) is 0 Å². The lowest BCUT2D eigenvalue weighted by molar-refractivity contribution is 0.159. The van der Waals surface area contributed by atoms with Crippen molar-refractivity contribution in [3.05, 3.63) is 29.8 Å². The van der Waals surface area contributed by atoms with Crippen LogP contribution in [0.3, 0.4) is 0 Å². The topological polar surface area (TPSA) is 49.5 Å². The van der Waals surface area contributed by atoms with Crippen LogP contribution in [0.1, 0.15) is 31.4 Å². The van der Waals surface area contributed by atoms with Crippen molar-refractivity contribution in [3.8, 4) is 5.75 Å². The van der Waals surface area contributed by atoms with E-state index in [9.17, 15) is 5.11 Å². The van der Waals surface area contributed by atoms with Crippen molar-refractivity contribution in [2.45, 2.75) is 31.8 Å². The summed E-state index contributed by atoms with van der Waals surface area (Å²) in [4.78, 5) is 2.39. The first-order chi connectivity index (χ1) is 7.66. The predicted octanol–water partition coefficient (Wildman–Crippen LogP) is 1.88. The van der Waals surface area contributed by atoms with Crippen molar-refractivity contribution >= 4 is 0 Å². The summed E-state index contributed by atoms with van der Waals surface area (Å²) >= 11 is 0. The van der Waals surface area contributed by atoms with E-state index in [0.29, 0.717) is 17.8 Å². The number of hydrogen-bond donors (Lipinski definition) is 2. The van der Waals surface area contributed by atoms with Crippen LogP contribution in [-0.4, -0.2) is 29.1 Å². The van der Waals surface area contributed by atoms with Crippen molar-refractivity contribution in [1.29, 1.82) is 0 Å². The van der Waals surface area contributed by atoms with Crippen LogP contribution in [0.4, 0.5) is 0 Å². The van der Waals surface area contributed by atoms with Gasteiger partial charge in [-0.15, -0.1) is 0 Å². The molecule has 2 atom stereocenters. The lowest BCUT2D eigenvalue weighted by Crippen LogP contribution is -2.43. The third-order valence-electron chi connectivity index (χ3n) is 3.39. The Morgan fingerprint density at radius 1 is 1.50 bits per heavy atom. The van der Waals surface area contributed by atoms with Gasteiger partial charge in [-0.05, 0) is 44.0 Å². The monoisotopic (exact) mass is 220 g/mol. The minimum Gasteiger partial charge on any atom is -0.508 e. The number of hydrogen-bond acceptors (Lipinski definition) is 3. The van der Waals surface area contributed by atoms with Crippen LogP contribution < -0.4 is 5.73 Å². The zero-order chi connectivity index (χ0) is 11.5. The van der Waals surface area contributed by atoms with Gasteiger partial charge in [0.15, 0.2) is 0 Å². The number of rotatable bonds is 2. The second-order valence-corrected chi connectivity index (χ2v) is 4.67. The molecule has 2 rings (SSSR count). The highest BCUT2D eigenvalue weighted by Crippen LogP contribution is 2.25. The molecule has 1 aromatic carbocycles. The van der Waals surface area contributed by atoms with E-state index in [1.54, 1.807) is 6.07 Å². The Labute approximate surface area is 96.9 Å². The highest BCUT2D eigenvalue weighted by atomic mass is 16.3. The first kappa shape index (κ1) is 11.4. The number of phenolic OH excluding ortho intramolecular Hbond substituents is 1. The SMILES string of the molecule is CC(c1cccc(O)c1)N1CCCC(N)C1. The minimum absolute atomic E-state index is 0.300. The third-order valence-corrected chi connectivity index (χ3v) is 3.39. The van der Waals surface area contributed by atoms with Crippen molar-refractivity contribution in [1.82, 2.24) is 4.90 Å². The largest absolute Gasteiger partial charge is 0.508 e. The zero-order valence-electron chi connectivity index (χ0n) is 9.76. The summed E-state index contributed by atoms with van der Waals surface area (Å²) in [5.74, 6) is 0.339. The molecule has 0 saturated carbocycles. The van der Waals surface area contributed by atoms with Gasteiger partial charge in [0.05, 0.1) is 0 Å². The molecule has 0 bridgehead atoms. The summed E-state index contributed by atoms with van der Waals surface area (Å²) < 4.78 is 0. The zero-order valence-corrected chi connectivity index (χ0v) is 9.76. The Morgan fingerprint density at radius 3 is 3.00 bits per heavy atom. The fourth-order valence-electron chi connectivity index (χ4n) is 2.39. The lowest BCUT2D eigenvalue weighted by atomic mass is 10.0. The van der Waals surface area contributed by atoms with Gasteiger partial charge < -0.3 is 10.8 Å². The van der Waals surface area contributed by atoms with E-state index in [-0.39, 0.29) is 0 Å². The molecule has 0 amide bonds. The fraction of sp³-hybridized carbons (Fsp3) is 0.538. The maximum atomic E-state index is 9.47. The van der Waals surface area contributed by atoms with Crippen molar-refractivity contribution in [2.24, 2.45) is 5.73 Å². The summed E-state index contributed by atoms with van der Waals surface area (Å²) in [7, 11) is 0. The van der Waals surface area contributed by atoms with Gasteiger partial charge in [0, 0.05) is 18.6 Å². The van der Waals surface area contributed by atoms with Crippen LogP contribution in [0.2, 0.25) is 0 Å². The average molecular weight is 220 g/mol. The van der Waals surface area contributed by atoms with Gasteiger partial charge >= 0.3 is 0 Å². The highest BCUT2D eigenvalue weighted by molar-refractivity contribution is 5.29. The molecular weight excluding hydrogens is 200 g/mol. The summed E-state index contributed by atoms with van der Waals surface area (Å²) in [5.41, 5.74) is 7.14. The van der Waals surface area contributed by atoms with Gasteiger partial charge in [-0.2, -0.15) is 0 Å². The molecule has 1 aliphatic rings. The summed E-state index contributed by atoms with van der Waals surface area (Å²) in [5, 5.41) is 9.47. The summed E-state index contributed by atoms with van der Waals surface area (Å²) in [6.45, 7) is 4.23.